The summed E-state index contributed by atoms with van der Waals surface area (Å²) in [6, 6.07) is 15.2. The highest BCUT2D eigenvalue weighted by molar-refractivity contribution is 5.94. The van der Waals surface area contributed by atoms with Crippen molar-refractivity contribution in [3.63, 3.8) is 0 Å². The zero-order valence-electron chi connectivity index (χ0n) is 15.6. The maximum atomic E-state index is 12.5. The van der Waals surface area contributed by atoms with Gasteiger partial charge < -0.3 is 24.4 Å². The Morgan fingerprint density at radius 1 is 1.00 bits per heavy atom. The normalized spacial score (nSPS) is 24.4. The standard InChI is InChI=1S/C21H24N2O4/c1-14-11-23(12-15(2)26-14)17-9-7-16(8-10-17)22-21(24)20-13-25-18-5-3-4-6-19(18)27-20/h3-10,14-15,20H,11-13H2,1-2H3,(H,22,24). The van der Waals surface area contributed by atoms with Gasteiger partial charge in [-0.25, -0.2) is 0 Å². The molecule has 0 radical (unpaired) electrons. The van der Waals surface area contributed by atoms with Gasteiger partial charge >= 0.3 is 0 Å². The lowest BCUT2D eigenvalue weighted by atomic mass is 10.2. The molecule has 1 saturated heterocycles. The molecule has 2 aromatic rings. The van der Waals surface area contributed by atoms with Crippen LogP contribution in [-0.2, 0) is 9.53 Å². The maximum Gasteiger partial charge on any atom is 0.269 e. The number of amides is 1. The molecule has 2 aromatic carbocycles. The van der Waals surface area contributed by atoms with Crippen LogP contribution in [0.4, 0.5) is 11.4 Å². The van der Waals surface area contributed by atoms with Crippen molar-refractivity contribution in [1.29, 1.82) is 0 Å². The van der Waals surface area contributed by atoms with Crippen molar-refractivity contribution < 1.29 is 19.0 Å². The molecule has 3 atom stereocenters. The van der Waals surface area contributed by atoms with E-state index in [-0.39, 0.29) is 24.7 Å². The van der Waals surface area contributed by atoms with Crippen LogP contribution in [0.3, 0.4) is 0 Å². The number of hydrogen-bond donors (Lipinski definition) is 1. The summed E-state index contributed by atoms with van der Waals surface area (Å²) in [6.45, 7) is 6.10. The van der Waals surface area contributed by atoms with Gasteiger partial charge in [-0.1, -0.05) is 12.1 Å². The summed E-state index contributed by atoms with van der Waals surface area (Å²) in [4.78, 5) is 14.8. The van der Waals surface area contributed by atoms with Gasteiger partial charge in [-0.15, -0.1) is 0 Å². The second-order valence-electron chi connectivity index (χ2n) is 7.06. The summed E-state index contributed by atoms with van der Waals surface area (Å²) >= 11 is 0. The number of morpholine rings is 1. The van der Waals surface area contributed by atoms with Gasteiger partial charge in [0.05, 0.1) is 12.2 Å². The van der Waals surface area contributed by atoms with Crippen molar-refractivity contribution in [2.45, 2.75) is 32.2 Å². The molecule has 2 aliphatic heterocycles. The Morgan fingerprint density at radius 3 is 2.37 bits per heavy atom. The van der Waals surface area contributed by atoms with Crippen LogP contribution in [0.5, 0.6) is 11.5 Å². The van der Waals surface area contributed by atoms with E-state index in [0.29, 0.717) is 11.5 Å². The van der Waals surface area contributed by atoms with E-state index in [2.05, 4.69) is 24.1 Å². The molecule has 6 nitrogen and oxygen atoms in total. The van der Waals surface area contributed by atoms with Crippen molar-refractivity contribution >= 4 is 17.3 Å². The monoisotopic (exact) mass is 368 g/mol. The van der Waals surface area contributed by atoms with Crippen molar-refractivity contribution in [3.8, 4) is 11.5 Å². The fraction of sp³-hybridized carbons (Fsp3) is 0.381. The van der Waals surface area contributed by atoms with E-state index in [1.54, 1.807) is 6.07 Å². The third-order valence-electron chi connectivity index (χ3n) is 4.72. The first-order valence-electron chi connectivity index (χ1n) is 9.28. The molecule has 2 heterocycles. The summed E-state index contributed by atoms with van der Waals surface area (Å²) in [6.07, 6.45) is -0.251. The number of anilines is 2. The molecule has 0 spiro atoms. The molecule has 2 aliphatic rings. The molecule has 1 fully saturated rings. The molecule has 0 aromatic heterocycles. The fourth-order valence-corrected chi connectivity index (χ4v) is 3.52. The third kappa shape index (κ3) is 4.01. The number of carbonyl (C=O) groups excluding carboxylic acids is 1. The highest BCUT2D eigenvalue weighted by Gasteiger charge is 2.27. The van der Waals surface area contributed by atoms with Crippen LogP contribution in [-0.4, -0.2) is 43.9 Å². The number of nitrogens with one attached hydrogen (secondary N) is 1. The number of hydrogen-bond acceptors (Lipinski definition) is 5. The Balaban J connectivity index is 1.38. The molecule has 0 bridgehead atoms. The van der Waals surface area contributed by atoms with Crippen LogP contribution in [0.1, 0.15) is 13.8 Å². The lowest BCUT2D eigenvalue weighted by Gasteiger charge is -2.36. The Hall–Kier alpha value is -2.73. The predicted octanol–water partition coefficient (Wildman–Crippen LogP) is 3.08. The van der Waals surface area contributed by atoms with E-state index in [1.165, 1.54) is 0 Å². The Bertz CT molecular complexity index is 798. The van der Waals surface area contributed by atoms with Gasteiger partial charge in [-0.05, 0) is 50.2 Å². The van der Waals surface area contributed by atoms with Gasteiger partial charge in [0, 0.05) is 24.5 Å². The molecule has 142 valence electrons. The smallest absolute Gasteiger partial charge is 0.269 e. The summed E-state index contributed by atoms with van der Waals surface area (Å²) in [5, 5.41) is 2.90. The van der Waals surface area contributed by atoms with Gasteiger partial charge in [-0.3, -0.25) is 4.79 Å². The highest BCUT2D eigenvalue weighted by Crippen LogP contribution is 2.31. The average molecular weight is 368 g/mol. The second-order valence-corrected chi connectivity index (χ2v) is 7.06. The Labute approximate surface area is 159 Å². The molecule has 1 amide bonds. The quantitative estimate of drug-likeness (QED) is 0.902. The maximum absolute atomic E-state index is 12.5. The van der Waals surface area contributed by atoms with Crippen LogP contribution >= 0.6 is 0 Å². The zero-order valence-corrected chi connectivity index (χ0v) is 15.6. The fourth-order valence-electron chi connectivity index (χ4n) is 3.52. The van der Waals surface area contributed by atoms with Gasteiger partial charge in [0.1, 0.15) is 6.61 Å². The Morgan fingerprint density at radius 2 is 1.67 bits per heavy atom. The van der Waals surface area contributed by atoms with Crippen molar-refractivity contribution in [1.82, 2.24) is 0 Å². The van der Waals surface area contributed by atoms with Crippen LogP contribution < -0.4 is 19.7 Å². The molecular formula is C21H24N2O4. The van der Waals surface area contributed by atoms with Crippen LogP contribution in [0, 0.1) is 0 Å². The van der Waals surface area contributed by atoms with Gasteiger partial charge in [-0.2, -0.15) is 0 Å². The highest BCUT2D eigenvalue weighted by atomic mass is 16.6. The number of rotatable bonds is 3. The first-order valence-corrected chi connectivity index (χ1v) is 9.28. The average Bonchev–Trinajstić information content (AvgIpc) is 2.67. The van der Waals surface area contributed by atoms with Gasteiger partial charge in [0.15, 0.2) is 11.5 Å². The van der Waals surface area contributed by atoms with E-state index < -0.39 is 6.10 Å². The molecule has 0 saturated carbocycles. The molecule has 4 rings (SSSR count). The van der Waals surface area contributed by atoms with E-state index >= 15 is 0 Å². The van der Waals surface area contributed by atoms with Crippen molar-refractivity contribution in [2.24, 2.45) is 0 Å². The van der Waals surface area contributed by atoms with Crippen molar-refractivity contribution in [3.05, 3.63) is 48.5 Å². The summed E-state index contributed by atoms with van der Waals surface area (Å²) in [7, 11) is 0. The third-order valence-corrected chi connectivity index (χ3v) is 4.72. The number of benzene rings is 2. The van der Waals surface area contributed by atoms with E-state index in [4.69, 9.17) is 14.2 Å². The Kier molecular flexibility index (Phi) is 4.90. The summed E-state index contributed by atoms with van der Waals surface area (Å²) < 4.78 is 17.1. The van der Waals surface area contributed by atoms with E-state index in [0.717, 1.165) is 24.5 Å². The second kappa shape index (κ2) is 7.48. The number of ether oxygens (including phenoxy) is 3. The predicted molar refractivity (Wildman–Crippen MR) is 104 cm³/mol. The topological polar surface area (TPSA) is 60.0 Å². The van der Waals surface area contributed by atoms with Crippen LogP contribution in [0.25, 0.3) is 0 Å². The number of para-hydroxylation sites is 2. The summed E-state index contributed by atoms with van der Waals surface area (Å²) in [5.41, 5.74) is 1.86. The molecule has 27 heavy (non-hydrogen) atoms. The SMILES string of the molecule is CC1CN(c2ccc(NC(=O)C3COc4ccccc4O3)cc2)CC(C)O1. The zero-order chi connectivity index (χ0) is 18.8. The lowest BCUT2D eigenvalue weighted by molar-refractivity contribution is -0.125. The van der Waals surface area contributed by atoms with Gasteiger partial charge in [0.2, 0.25) is 6.10 Å². The van der Waals surface area contributed by atoms with Crippen LogP contribution in [0.2, 0.25) is 0 Å². The number of carbonyl (C=O) groups is 1. The molecule has 0 aliphatic carbocycles. The van der Waals surface area contributed by atoms with Crippen LogP contribution in [0.15, 0.2) is 48.5 Å². The molecular weight excluding hydrogens is 344 g/mol. The molecule has 3 unspecified atom stereocenters. The lowest BCUT2D eigenvalue weighted by Crippen LogP contribution is -2.45. The first-order chi connectivity index (χ1) is 13.1. The van der Waals surface area contributed by atoms with E-state index in [1.807, 2.05) is 42.5 Å². The molecule has 1 N–H and O–H groups in total. The number of fused-ring (bicyclic) bond motifs is 1. The van der Waals surface area contributed by atoms with Gasteiger partial charge in [0.25, 0.3) is 5.91 Å². The minimum absolute atomic E-state index is 0.199. The van der Waals surface area contributed by atoms with E-state index in [9.17, 15) is 4.79 Å². The molecule has 6 heteroatoms. The number of nitrogens with zero attached hydrogens (tertiary/aromatic N) is 1. The largest absolute Gasteiger partial charge is 0.485 e. The van der Waals surface area contributed by atoms with Crippen molar-refractivity contribution in [2.75, 3.05) is 29.9 Å². The minimum atomic E-state index is -0.666. The first kappa shape index (κ1) is 17.7. The summed E-state index contributed by atoms with van der Waals surface area (Å²) in [5.74, 6) is 1.04. The minimum Gasteiger partial charge on any atom is -0.485 e.